The Balaban J connectivity index is 1.86. The van der Waals surface area contributed by atoms with E-state index in [2.05, 4.69) is 33.0 Å². The van der Waals surface area contributed by atoms with Crippen LogP contribution in [0.3, 0.4) is 0 Å². The molecule has 0 aliphatic heterocycles. The van der Waals surface area contributed by atoms with E-state index in [9.17, 15) is 0 Å². The average Bonchev–Trinajstić information content (AvgIpc) is 2.06. The lowest BCUT2D eigenvalue weighted by Gasteiger charge is -2.38. The second-order valence-electron chi connectivity index (χ2n) is 5.40. The van der Waals surface area contributed by atoms with Gasteiger partial charge < -0.3 is 10.1 Å². The molecule has 0 heterocycles. The predicted octanol–water partition coefficient (Wildman–Crippen LogP) is 2.83. The molecule has 15 heavy (non-hydrogen) atoms. The van der Waals surface area contributed by atoms with Crippen LogP contribution in [-0.2, 0) is 4.74 Å². The summed E-state index contributed by atoms with van der Waals surface area (Å²) in [6.07, 6.45) is 4.27. The second kappa shape index (κ2) is 6.49. The van der Waals surface area contributed by atoms with Crippen molar-refractivity contribution in [2.45, 2.75) is 59.1 Å². The minimum Gasteiger partial charge on any atom is -0.379 e. The summed E-state index contributed by atoms with van der Waals surface area (Å²) in [5.41, 5.74) is 0. The van der Waals surface area contributed by atoms with E-state index in [4.69, 9.17) is 4.74 Å². The van der Waals surface area contributed by atoms with E-state index in [-0.39, 0.29) is 0 Å². The van der Waals surface area contributed by atoms with Gasteiger partial charge in [-0.15, -0.1) is 0 Å². The van der Waals surface area contributed by atoms with Gasteiger partial charge in [-0.25, -0.2) is 0 Å². The third-order valence-electron chi connectivity index (χ3n) is 3.32. The molecule has 0 aromatic heterocycles. The van der Waals surface area contributed by atoms with Crippen LogP contribution >= 0.6 is 0 Å². The minimum absolute atomic E-state index is 0.374. The van der Waals surface area contributed by atoms with E-state index in [1.807, 2.05) is 0 Å². The standard InChI is InChI=1S/C13H27NO/c1-10(2)12-8-13(9-12)14-6-5-7-15-11(3)4/h10-14H,5-9H2,1-4H3. The summed E-state index contributed by atoms with van der Waals surface area (Å²) in [7, 11) is 0. The van der Waals surface area contributed by atoms with Crippen molar-refractivity contribution >= 4 is 0 Å². The molecular formula is C13H27NO. The zero-order chi connectivity index (χ0) is 11.3. The Morgan fingerprint density at radius 3 is 2.40 bits per heavy atom. The normalized spacial score (nSPS) is 26.0. The molecule has 0 radical (unpaired) electrons. The molecule has 0 saturated heterocycles. The Labute approximate surface area is 94.8 Å². The Bertz CT molecular complexity index is 162. The van der Waals surface area contributed by atoms with Gasteiger partial charge in [-0.05, 0) is 51.5 Å². The lowest BCUT2D eigenvalue weighted by atomic mass is 9.74. The molecule has 1 saturated carbocycles. The summed E-state index contributed by atoms with van der Waals surface area (Å²) < 4.78 is 5.49. The number of nitrogens with one attached hydrogen (secondary N) is 1. The zero-order valence-corrected chi connectivity index (χ0v) is 10.8. The fourth-order valence-corrected chi connectivity index (χ4v) is 2.07. The van der Waals surface area contributed by atoms with Gasteiger partial charge in [0.25, 0.3) is 0 Å². The molecule has 0 aromatic carbocycles. The second-order valence-corrected chi connectivity index (χ2v) is 5.40. The predicted molar refractivity (Wildman–Crippen MR) is 65.1 cm³/mol. The van der Waals surface area contributed by atoms with Gasteiger partial charge in [0.15, 0.2) is 0 Å². The van der Waals surface area contributed by atoms with Crippen LogP contribution in [0.25, 0.3) is 0 Å². The molecule has 0 unspecified atom stereocenters. The van der Waals surface area contributed by atoms with E-state index in [1.165, 1.54) is 12.8 Å². The highest BCUT2D eigenvalue weighted by Crippen LogP contribution is 2.33. The van der Waals surface area contributed by atoms with Crippen molar-refractivity contribution in [3.8, 4) is 0 Å². The van der Waals surface area contributed by atoms with E-state index in [0.29, 0.717) is 6.10 Å². The fraction of sp³-hybridized carbons (Fsp3) is 1.00. The van der Waals surface area contributed by atoms with Crippen molar-refractivity contribution in [1.82, 2.24) is 5.32 Å². The number of ether oxygens (including phenoxy) is 1. The van der Waals surface area contributed by atoms with E-state index in [1.54, 1.807) is 0 Å². The Kier molecular flexibility index (Phi) is 5.62. The van der Waals surface area contributed by atoms with Gasteiger partial charge in [0.2, 0.25) is 0 Å². The molecule has 1 N–H and O–H groups in total. The van der Waals surface area contributed by atoms with Crippen molar-refractivity contribution in [2.24, 2.45) is 11.8 Å². The first-order valence-corrected chi connectivity index (χ1v) is 6.44. The topological polar surface area (TPSA) is 21.3 Å². The minimum atomic E-state index is 0.374. The maximum absolute atomic E-state index is 5.49. The SMILES string of the molecule is CC(C)OCCCNC1CC(C(C)C)C1. The first kappa shape index (κ1) is 13.0. The van der Waals surface area contributed by atoms with Gasteiger partial charge in [-0.2, -0.15) is 0 Å². The van der Waals surface area contributed by atoms with Crippen LogP contribution in [0.15, 0.2) is 0 Å². The van der Waals surface area contributed by atoms with Crippen molar-refractivity contribution in [1.29, 1.82) is 0 Å². The zero-order valence-electron chi connectivity index (χ0n) is 10.8. The van der Waals surface area contributed by atoms with Crippen LogP contribution in [-0.4, -0.2) is 25.3 Å². The molecule has 0 bridgehead atoms. The van der Waals surface area contributed by atoms with Gasteiger partial charge in [-0.3, -0.25) is 0 Å². The van der Waals surface area contributed by atoms with E-state index >= 15 is 0 Å². The van der Waals surface area contributed by atoms with Gasteiger partial charge in [-0.1, -0.05) is 13.8 Å². The molecule has 2 heteroatoms. The van der Waals surface area contributed by atoms with Crippen molar-refractivity contribution in [2.75, 3.05) is 13.2 Å². The first-order valence-electron chi connectivity index (χ1n) is 6.44. The highest BCUT2D eigenvalue weighted by molar-refractivity contribution is 4.86. The third-order valence-corrected chi connectivity index (χ3v) is 3.32. The Morgan fingerprint density at radius 2 is 1.87 bits per heavy atom. The summed E-state index contributed by atoms with van der Waals surface area (Å²) in [6, 6.07) is 0.788. The van der Waals surface area contributed by atoms with Crippen molar-refractivity contribution in [3.05, 3.63) is 0 Å². The van der Waals surface area contributed by atoms with Crippen LogP contribution in [0.2, 0.25) is 0 Å². The quantitative estimate of drug-likeness (QED) is 0.657. The highest BCUT2D eigenvalue weighted by Gasteiger charge is 2.30. The Hall–Kier alpha value is -0.0800. The molecule has 1 aliphatic carbocycles. The lowest BCUT2D eigenvalue weighted by molar-refractivity contribution is 0.0748. The van der Waals surface area contributed by atoms with Gasteiger partial charge in [0.05, 0.1) is 6.10 Å². The molecule has 90 valence electrons. The van der Waals surface area contributed by atoms with Gasteiger partial charge in [0.1, 0.15) is 0 Å². The van der Waals surface area contributed by atoms with E-state index < -0.39 is 0 Å². The molecule has 2 nitrogen and oxygen atoms in total. The molecule has 1 rings (SSSR count). The number of hydrogen-bond donors (Lipinski definition) is 1. The smallest absolute Gasteiger partial charge is 0.0518 e. The average molecular weight is 213 g/mol. The molecule has 1 fully saturated rings. The molecule has 0 atom stereocenters. The molecular weight excluding hydrogens is 186 g/mol. The summed E-state index contributed by atoms with van der Waals surface area (Å²) in [6.45, 7) is 10.8. The van der Waals surface area contributed by atoms with Crippen LogP contribution in [0, 0.1) is 11.8 Å². The van der Waals surface area contributed by atoms with Crippen molar-refractivity contribution in [3.63, 3.8) is 0 Å². The molecule has 0 amide bonds. The van der Waals surface area contributed by atoms with Crippen LogP contribution in [0.1, 0.15) is 47.0 Å². The monoisotopic (exact) mass is 213 g/mol. The summed E-state index contributed by atoms with van der Waals surface area (Å²) in [5.74, 6) is 1.83. The van der Waals surface area contributed by atoms with Crippen molar-refractivity contribution < 1.29 is 4.74 Å². The maximum atomic E-state index is 5.49. The molecule has 0 spiro atoms. The summed E-state index contributed by atoms with van der Waals surface area (Å²) >= 11 is 0. The van der Waals surface area contributed by atoms with Gasteiger partial charge in [0, 0.05) is 12.6 Å². The maximum Gasteiger partial charge on any atom is 0.0518 e. The third kappa shape index (κ3) is 4.98. The summed E-state index contributed by atoms with van der Waals surface area (Å²) in [4.78, 5) is 0. The van der Waals surface area contributed by atoms with E-state index in [0.717, 1.165) is 37.5 Å². The summed E-state index contributed by atoms with van der Waals surface area (Å²) in [5, 5.41) is 3.60. The van der Waals surface area contributed by atoms with Crippen LogP contribution in [0.4, 0.5) is 0 Å². The fourth-order valence-electron chi connectivity index (χ4n) is 2.07. The van der Waals surface area contributed by atoms with Gasteiger partial charge >= 0.3 is 0 Å². The molecule has 1 aliphatic rings. The number of rotatable bonds is 7. The van der Waals surface area contributed by atoms with Crippen LogP contribution in [0.5, 0.6) is 0 Å². The number of hydrogen-bond acceptors (Lipinski definition) is 2. The Morgan fingerprint density at radius 1 is 1.20 bits per heavy atom. The lowest BCUT2D eigenvalue weighted by Crippen LogP contribution is -2.43. The first-order chi connectivity index (χ1) is 7.09. The highest BCUT2D eigenvalue weighted by atomic mass is 16.5. The largest absolute Gasteiger partial charge is 0.379 e. The molecule has 0 aromatic rings. The van der Waals surface area contributed by atoms with Crippen LogP contribution < -0.4 is 5.32 Å².